The van der Waals surface area contributed by atoms with Crippen molar-refractivity contribution >= 4 is 23.3 Å². The van der Waals surface area contributed by atoms with Gasteiger partial charge in [0.2, 0.25) is 5.91 Å². The molecule has 0 radical (unpaired) electrons. The summed E-state index contributed by atoms with van der Waals surface area (Å²) in [4.78, 5) is 26.8. The largest absolute Gasteiger partial charge is 0.397 e. The van der Waals surface area contributed by atoms with E-state index in [0.717, 1.165) is 0 Å². The number of aromatic nitrogens is 1. The van der Waals surface area contributed by atoms with Gasteiger partial charge in [-0.25, -0.2) is 4.98 Å². The topological polar surface area (TPSA) is 123 Å². The molecule has 0 unspecified atom stereocenters. The molecule has 104 valence electrons. The van der Waals surface area contributed by atoms with Crippen molar-refractivity contribution in [3.05, 3.63) is 17.8 Å². The third-order valence-electron chi connectivity index (χ3n) is 2.75. The van der Waals surface area contributed by atoms with Gasteiger partial charge in [-0.05, 0) is 19.9 Å². The Hall–Kier alpha value is -2.31. The minimum Gasteiger partial charge on any atom is -0.397 e. The highest BCUT2D eigenvalue weighted by atomic mass is 16.2. The van der Waals surface area contributed by atoms with Crippen molar-refractivity contribution in [2.75, 3.05) is 24.6 Å². The van der Waals surface area contributed by atoms with Crippen LogP contribution in [0.2, 0.25) is 0 Å². The lowest BCUT2D eigenvalue weighted by molar-refractivity contribution is -0.128. The van der Waals surface area contributed by atoms with Crippen molar-refractivity contribution in [2.45, 2.75) is 13.8 Å². The van der Waals surface area contributed by atoms with E-state index in [2.05, 4.69) is 15.6 Å². The highest BCUT2D eigenvalue weighted by Crippen LogP contribution is 2.18. The average Bonchev–Trinajstić information content (AvgIpc) is 2.36. The van der Waals surface area contributed by atoms with Crippen LogP contribution in [0.3, 0.4) is 0 Å². The Morgan fingerprint density at radius 2 is 2.05 bits per heavy atom. The van der Waals surface area contributed by atoms with E-state index in [4.69, 9.17) is 11.5 Å². The van der Waals surface area contributed by atoms with Gasteiger partial charge in [0.15, 0.2) is 0 Å². The van der Waals surface area contributed by atoms with E-state index in [0.29, 0.717) is 12.4 Å². The molecular weight excluding hydrogens is 246 g/mol. The van der Waals surface area contributed by atoms with Crippen LogP contribution in [0, 0.1) is 5.41 Å². The first-order valence-corrected chi connectivity index (χ1v) is 5.79. The average molecular weight is 265 g/mol. The number of primary amides is 1. The van der Waals surface area contributed by atoms with E-state index >= 15 is 0 Å². The van der Waals surface area contributed by atoms with Gasteiger partial charge < -0.3 is 22.1 Å². The summed E-state index contributed by atoms with van der Waals surface area (Å²) < 4.78 is 0. The number of hydrogen-bond acceptors (Lipinski definition) is 5. The molecule has 0 aromatic carbocycles. The lowest BCUT2D eigenvalue weighted by Gasteiger charge is -2.23. The SMILES string of the molecule is CNC(=O)C(C)(C)CNc1cc(C(N)=O)c(N)cn1. The second-order valence-electron chi connectivity index (χ2n) is 4.84. The van der Waals surface area contributed by atoms with Gasteiger partial charge in [-0.15, -0.1) is 0 Å². The quantitative estimate of drug-likeness (QED) is 0.594. The Balaban J connectivity index is 2.82. The first kappa shape index (κ1) is 14.7. The van der Waals surface area contributed by atoms with E-state index in [9.17, 15) is 9.59 Å². The van der Waals surface area contributed by atoms with Gasteiger partial charge in [0.1, 0.15) is 5.82 Å². The Kier molecular flexibility index (Phi) is 4.31. The molecule has 0 fully saturated rings. The molecule has 0 bridgehead atoms. The molecule has 7 heteroatoms. The highest BCUT2D eigenvalue weighted by Gasteiger charge is 2.26. The van der Waals surface area contributed by atoms with Crippen LogP contribution in [0.4, 0.5) is 11.5 Å². The van der Waals surface area contributed by atoms with Gasteiger partial charge in [0.05, 0.1) is 22.9 Å². The Morgan fingerprint density at radius 3 is 2.58 bits per heavy atom. The normalized spacial score (nSPS) is 10.9. The molecular formula is C12H19N5O2. The number of hydrogen-bond donors (Lipinski definition) is 4. The summed E-state index contributed by atoms with van der Waals surface area (Å²) in [5.41, 5.74) is 10.6. The maximum Gasteiger partial charge on any atom is 0.250 e. The second-order valence-corrected chi connectivity index (χ2v) is 4.84. The van der Waals surface area contributed by atoms with Crippen molar-refractivity contribution in [1.82, 2.24) is 10.3 Å². The smallest absolute Gasteiger partial charge is 0.250 e. The van der Waals surface area contributed by atoms with Crippen molar-refractivity contribution in [3.8, 4) is 0 Å². The fraction of sp³-hybridized carbons (Fsp3) is 0.417. The van der Waals surface area contributed by atoms with E-state index in [1.165, 1.54) is 12.3 Å². The molecule has 0 saturated heterocycles. The van der Waals surface area contributed by atoms with Crippen LogP contribution in [-0.4, -0.2) is 30.4 Å². The second kappa shape index (κ2) is 5.55. The molecule has 1 heterocycles. The van der Waals surface area contributed by atoms with Gasteiger partial charge in [-0.2, -0.15) is 0 Å². The fourth-order valence-corrected chi connectivity index (χ4v) is 1.51. The number of nitrogens with one attached hydrogen (secondary N) is 2. The summed E-state index contributed by atoms with van der Waals surface area (Å²) in [7, 11) is 1.58. The van der Waals surface area contributed by atoms with E-state index in [1.807, 2.05) is 0 Å². The van der Waals surface area contributed by atoms with Gasteiger partial charge in [-0.1, -0.05) is 0 Å². The number of carbonyl (C=O) groups is 2. The molecule has 0 aliphatic carbocycles. The summed E-state index contributed by atoms with van der Waals surface area (Å²) >= 11 is 0. The van der Waals surface area contributed by atoms with E-state index in [1.54, 1.807) is 20.9 Å². The van der Waals surface area contributed by atoms with Crippen LogP contribution in [-0.2, 0) is 4.79 Å². The van der Waals surface area contributed by atoms with Crippen LogP contribution >= 0.6 is 0 Å². The van der Waals surface area contributed by atoms with Crippen molar-refractivity contribution in [2.24, 2.45) is 11.1 Å². The molecule has 6 N–H and O–H groups in total. The number of carbonyl (C=O) groups excluding carboxylic acids is 2. The molecule has 2 amide bonds. The number of nitrogen functional groups attached to an aromatic ring is 1. The number of anilines is 2. The van der Waals surface area contributed by atoms with E-state index in [-0.39, 0.29) is 17.2 Å². The summed E-state index contributed by atoms with van der Waals surface area (Å²) in [5.74, 6) is -0.265. The fourth-order valence-electron chi connectivity index (χ4n) is 1.51. The molecule has 1 aromatic rings. The maximum atomic E-state index is 11.6. The first-order chi connectivity index (χ1) is 8.77. The molecule has 0 aliphatic rings. The predicted molar refractivity (Wildman–Crippen MR) is 73.5 cm³/mol. The number of pyridine rings is 1. The summed E-state index contributed by atoms with van der Waals surface area (Å²) in [6, 6.07) is 1.47. The number of nitrogens with zero attached hydrogens (tertiary/aromatic N) is 1. The molecule has 7 nitrogen and oxygen atoms in total. The molecule has 0 saturated carbocycles. The minimum atomic E-state index is -0.617. The van der Waals surface area contributed by atoms with Crippen molar-refractivity contribution < 1.29 is 9.59 Å². The lowest BCUT2D eigenvalue weighted by Crippen LogP contribution is -2.39. The van der Waals surface area contributed by atoms with Gasteiger partial charge in [-0.3, -0.25) is 9.59 Å². The van der Waals surface area contributed by atoms with Crippen LogP contribution in [0.5, 0.6) is 0 Å². The maximum absolute atomic E-state index is 11.6. The number of amides is 2. The zero-order valence-electron chi connectivity index (χ0n) is 11.3. The van der Waals surface area contributed by atoms with Crippen molar-refractivity contribution in [1.29, 1.82) is 0 Å². The summed E-state index contributed by atoms with van der Waals surface area (Å²) in [6.45, 7) is 3.96. The highest BCUT2D eigenvalue weighted by molar-refractivity contribution is 5.98. The molecule has 0 aliphatic heterocycles. The lowest BCUT2D eigenvalue weighted by atomic mass is 9.92. The number of nitrogens with two attached hydrogens (primary N) is 2. The zero-order valence-corrected chi connectivity index (χ0v) is 11.3. The molecule has 0 atom stereocenters. The van der Waals surface area contributed by atoms with E-state index < -0.39 is 11.3 Å². The van der Waals surface area contributed by atoms with Gasteiger partial charge >= 0.3 is 0 Å². The monoisotopic (exact) mass is 265 g/mol. The van der Waals surface area contributed by atoms with Gasteiger partial charge in [0.25, 0.3) is 5.91 Å². The minimum absolute atomic E-state index is 0.0921. The Labute approximate surface area is 111 Å². The van der Waals surface area contributed by atoms with Gasteiger partial charge in [0, 0.05) is 13.6 Å². The molecule has 0 spiro atoms. The molecule has 1 aromatic heterocycles. The Bertz CT molecular complexity index is 499. The van der Waals surface area contributed by atoms with Crippen molar-refractivity contribution in [3.63, 3.8) is 0 Å². The van der Waals surface area contributed by atoms with Crippen LogP contribution in [0.25, 0.3) is 0 Å². The molecule has 1 rings (SSSR count). The Morgan fingerprint density at radius 1 is 1.42 bits per heavy atom. The third kappa shape index (κ3) is 3.57. The van der Waals surface area contributed by atoms with Crippen LogP contribution in [0.15, 0.2) is 12.3 Å². The summed E-state index contributed by atoms with van der Waals surface area (Å²) in [6.07, 6.45) is 1.36. The third-order valence-corrected chi connectivity index (χ3v) is 2.75. The zero-order chi connectivity index (χ0) is 14.6. The summed E-state index contributed by atoms with van der Waals surface area (Å²) in [5, 5.41) is 5.57. The molecule has 19 heavy (non-hydrogen) atoms. The predicted octanol–water partition coefficient (Wildman–Crippen LogP) is -0.0532. The van der Waals surface area contributed by atoms with Crippen LogP contribution in [0.1, 0.15) is 24.2 Å². The standard InChI is InChI=1S/C12H19N5O2/c1-12(2,11(19)15-3)6-17-9-4-7(10(14)18)8(13)5-16-9/h4-5H,6,13H2,1-3H3,(H2,14,18)(H,15,19)(H,16,17). The van der Waals surface area contributed by atoms with Crippen LogP contribution < -0.4 is 22.1 Å². The number of rotatable bonds is 5. The first-order valence-electron chi connectivity index (χ1n) is 5.79.